The first kappa shape index (κ1) is 12.0. The van der Waals surface area contributed by atoms with Crippen LogP contribution in [-0.4, -0.2) is 23.1 Å². The van der Waals surface area contributed by atoms with Crippen molar-refractivity contribution in [1.29, 1.82) is 0 Å². The summed E-state index contributed by atoms with van der Waals surface area (Å²) in [5, 5.41) is 4.00. The molecule has 0 bridgehead atoms. The van der Waals surface area contributed by atoms with Gasteiger partial charge in [0.15, 0.2) is 5.82 Å². The third kappa shape index (κ3) is 3.26. The highest BCUT2D eigenvalue weighted by Crippen LogP contribution is 2.19. The van der Waals surface area contributed by atoms with E-state index in [2.05, 4.69) is 10.1 Å². The zero-order valence-corrected chi connectivity index (χ0v) is 9.94. The van der Waals surface area contributed by atoms with Gasteiger partial charge in [-0.15, -0.1) is 0 Å². The highest BCUT2D eigenvalue weighted by molar-refractivity contribution is 7.84. The van der Waals surface area contributed by atoms with Crippen LogP contribution in [0.3, 0.4) is 0 Å². The highest BCUT2D eigenvalue weighted by Gasteiger charge is 2.14. The summed E-state index contributed by atoms with van der Waals surface area (Å²) >= 11 is 5.71. The number of hydrogen-bond donors (Lipinski definition) is 1. The van der Waals surface area contributed by atoms with Crippen molar-refractivity contribution in [1.82, 2.24) is 10.1 Å². The van der Waals surface area contributed by atoms with Gasteiger partial charge in [0, 0.05) is 10.6 Å². The fourth-order valence-corrected chi connectivity index (χ4v) is 1.75. The fourth-order valence-electron chi connectivity index (χ4n) is 1.19. The van der Waals surface area contributed by atoms with Crippen molar-refractivity contribution >= 4 is 21.7 Å². The Hall–Kier alpha value is -1.44. The quantitative estimate of drug-likeness (QED) is 0.858. The number of benzene rings is 1. The Morgan fingerprint density at radius 1 is 1.29 bits per heavy atom. The Morgan fingerprint density at radius 2 is 1.94 bits per heavy atom. The van der Waals surface area contributed by atoms with E-state index >= 15 is 0 Å². The minimum atomic E-state index is -4.16. The Morgan fingerprint density at radius 3 is 2.53 bits per heavy atom. The third-order valence-corrected chi connectivity index (χ3v) is 2.75. The molecular formula is C9H7ClN2O4S. The molecule has 90 valence electrons. The van der Waals surface area contributed by atoms with E-state index in [1.807, 2.05) is 0 Å². The summed E-state index contributed by atoms with van der Waals surface area (Å²) in [6, 6.07) is 6.60. The number of nitrogens with zero attached hydrogens (tertiary/aromatic N) is 2. The predicted molar refractivity (Wildman–Crippen MR) is 60.0 cm³/mol. The zero-order valence-electron chi connectivity index (χ0n) is 8.37. The molecule has 0 saturated heterocycles. The topological polar surface area (TPSA) is 93.3 Å². The Balaban J connectivity index is 2.27. The summed E-state index contributed by atoms with van der Waals surface area (Å²) in [4.78, 5) is 3.84. The van der Waals surface area contributed by atoms with E-state index in [1.165, 1.54) is 0 Å². The van der Waals surface area contributed by atoms with Gasteiger partial charge in [0.05, 0.1) is 0 Å². The Kier molecular flexibility index (Phi) is 3.14. The van der Waals surface area contributed by atoms with E-state index < -0.39 is 15.9 Å². The lowest BCUT2D eigenvalue weighted by Gasteiger charge is -1.93. The lowest BCUT2D eigenvalue weighted by molar-refractivity contribution is 0.422. The maximum Gasteiger partial charge on any atom is 0.272 e. The van der Waals surface area contributed by atoms with Crippen molar-refractivity contribution < 1.29 is 17.5 Å². The van der Waals surface area contributed by atoms with Crippen LogP contribution >= 0.6 is 11.6 Å². The molecule has 8 heteroatoms. The molecule has 1 aromatic carbocycles. The normalized spacial score (nSPS) is 11.6. The molecule has 0 atom stereocenters. The molecule has 2 rings (SSSR count). The maximum absolute atomic E-state index is 10.6. The highest BCUT2D eigenvalue weighted by atomic mass is 35.5. The molecule has 6 nitrogen and oxygen atoms in total. The third-order valence-electron chi connectivity index (χ3n) is 1.87. The summed E-state index contributed by atoms with van der Waals surface area (Å²) in [5.41, 5.74) is 0.614. The van der Waals surface area contributed by atoms with Gasteiger partial charge in [-0.25, -0.2) is 0 Å². The van der Waals surface area contributed by atoms with Gasteiger partial charge >= 0.3 is 0 Å². The fraction of sp³-hybridized carbons (Fsp3) is 0.111. The average Bonchev–Trinajstić information content (AvgIpc) is 2.64. The molecule has 0 fully saturated rings. The molecule has 0 aliphatic carbocycles. The second-order valence-corrected chi connectivity index (χ2v) is 5.14. The van der Waals surface area contributed by atoms with Crippen molar-refractivity contribution in [3.63, 3.8) is 0 Å². The van der Waals surface area contributed by atoms with Gasteiger partial charge < -0.3 is 4.52 Å². The monoisotopic (exact) mass is 274 g/mol. The molecule has 1 heterocycles. The molecule has 0 unspecified atom stereocenters. The largest absolute Gasteiger partial charge is 0.334 e. The second-order valence-electron chi connectivity index (χ2n) is 3.25. The second kappa shape index (κ2) is 4.44. The first-order valence-corrected chi connectivity index (χ1v) is 6.46. The summed E-state index contributed by atoms with van der Waals surface area (Å²) in [6.45, 7) is 0. The summed E-state index contributed by atoms with van der Waals surface area (Å²) < 4.78 is 34.7. The first-order valence-electron chi connectivity index (χ1n) is 4.48. The maximum atomic E-state index is 10.6. The SMILES string of the molecule is O=S(=O)(O)Cc1noc(-c2ccc(Cl)cc2)n1. The van der Waals surface area contributed by atoms with Gasteiger partial charge in [-0.05, 0) is 24.3 Å². The summed E-state index contributed by atoms with van der Waals surface area (Å²) in [6.07, 6.45) is 0. The first-order chi connectivity index (χ1) is 7.94. The minimum absolute atomic E-state index is 0.0996. The molecule has 0 spiro atoms. The van der Waals surface area contributed by atoms with Crippen molar-refractivity contribution in [2.75, 3.05) is 0 Å². The Bertz CT molecular complexity index is 621. The number of aromatic nitrogens is 2. The zero-order chi connectivity index (χ0) is 12.5. The van der Waals surface area contributed by atoms with Crippen LogP contribution in [0.4, 0.5) is 0 Å². The lowest BCUT2D eigenvalue weighted by Crippen LogP contribution is -2.02. The van der Waals surface area contributed by atoms with Crippen molar-refractivity contribution in [3.05, 3.63) is 35.1 Å². The van der Waals surface area contributed by atoms with Crippen LogP contribution in [0.2, 0.25) is 5.02 Å². The molecular weight excluding hydrogens is 268 g/mol. The Labute approximate surface area is 102 Å². The van der Waals surface area contributed by atoms with Crippen LogP contribution in [0.1, 0.15) is 5.82 Å². The molecule has 17 heavy (non-hydrogen) atoms. The summed E-state index contributed by atoms with van der Waals surface area (Å²) in [7, 11) is -4.16. The lowest BCUT2D eigenvalue weighted by atomic mass is 10.2. The van der Waals surface area contributed by atoms with E-state index in [9.17, 15) is 8.42 Å². The smallest absolute Gasteiger partial charge is 0.272 e. The van der Waals surface area contributed by atoms with Gasteiger partial charge in [-0.1, -0.05) is 16.8 Å². The number of rotatable bonds is 3. The molecule has 1 N–H and O–H groups in total. The molecule has 0 aliphatic heterocycles. The van der Waals surface area contributed by atoms with Gasteiger partial charge in [0.25, 0.3) is 16.0 Å². The van der Waals surface area contributed by atoms with E-state index in [0.29, 0.717) is 10.6 Å². The van der Waals surface area contributed by atoms with E-state index in [0.717, 1.165) is 0 Å². The minimum Gasteiger partial charge on any atom is -0.334 e. The van der Waals surface area contributed by atoms with Gasteiger partial charge in [0.2, 0.25) is 0 Å². The van der Waals surface area contributed by atoms with Gasteiger partial charge in [-0.3, -0.25) is 4.55 Å². The number of hydrogen-bond acceptors (Lipinski definition) is 5. The summed E-state index contributed by atoms with van der Waals surface area (Å²) in [5.74, 6) is -0.609. The molecule has 0 radical (unpaired) electrons. The van der Waals surface area contributed by atoms with Gasteiger partial charge in [0.1, 0.15) is 5.75 Å². The number of halogens is 1. The van der Waals surface area contributed by atoms with Crippen LogP contribution < -0.4 is 0 Å². The van der Waals surface area contributed by atoms with Crippen molar-refractivity contribution in [3.8, 4) is 11.5 Å². The standard InChI is InChI=1S/C9H7ClN2O4S/c10-7-3-1-6(2-4-7)9-11-8(12-16-9)5-17(13,14)15/h1-4H,5H2,(H,13,14,15). The predicted octanol–water partition coefficient (Wildman–Crippen LogP) is 1.78. The van der Waals surface area contributed by atoms with Crippen LogP contribution in [0, 0.1) is 0 Å². The average molecular weight is 275 g/mol. The molecule has 0 amide bonds. The van der Waals surface area contributed by atoms with E-state index in [4.69, 9.17) is 20.7 Å². The van der Waals surface area contributed by atoms with Crippen LogP contribution in [0.15, 0.2) is 28.8 Å². The molecule has 2 aromatic rings. The van der Waals surface area contributed by atoms with Crippen molar-refractivity contribution in [2.45, 2.75) is 5.75 Å². The van der Waals surface area contributed by atoms with Crippen LogP contribution in [0.25, 0.3) is 11.5 Å². The molecule has 0 aliphatic rings. The van der Waals surface area contributed by atoms with E-state index in [-0.39, 0.29) is 11.7 Å². The van der Waals surface area contributed by atoms with Crippen molar-refractivity contribution in [2.24, 2.45) is 0 Å². The molecule has 1 aromatic heterocycles. The molecule has 0 saturated carbocycles. The van der Waals surface area contributed by atoms with Crippen LogP contribution in [-0.2, 0) is 15.9 Å². The van der Waals surface area contributed by atoms with E-state index in [1.54, 1.807) is 24.3 Å². The van der Waals surface area contributed by atoms with Crippen LogP contribution in [0.5, 0.6) is 0 Å². The van der Waals surface area contributed by atoms with Gasteiger partial charge in [-0.2, -0.15) is 13.4 Å².